The van der Waals surface area contributed by atoms with Crippen LogP contribution in [0.2, 0.25) is 0 Å². The third kappa shape index (κ3) is 3.19. The van der Waals surface area contributed by atoms with Gasteiger partial charge in [0.2, 0.25) is 5.95 Å². The number of carboxylic acid groups (broad SMARTS) is 1. The standard InChI is InChI=1S/C13H14N4O2/c1-17(2)13-14-8-7-11(16-13)15-10-5-3-9(4-6-10)12(18)19/h3-8H,1-2H3,(H,18,19)(H,14,15,16). The summed E-state index contributed by atoms with van der Waals surface area (Å²) in [6.07, 6.45) is 1.66. The normalized spacial score (nSPS) is 10.0. The molecule has 0 saturated carbocycles. The molecule has 1 aromatic carbocycles. The number of nitrogens with one attached hydrogen (secondary N) is 1. The summed E-state index contributed by atoms with van der Waals surface area (Å²) in [6, 6.07) is 8.22. The Bertz CT molecular complexity index is 581. The zero-order valence-corrected chi connectivity index (χ0v) is 10.7. The second-order valence-corrected chi connectivity index (χ2v) is 4.14. The quantitative estimate of drug-likeness (QED) is 0.873. The Morgan fingerprint density at radius 3 is 2.47 bits per heavy atom. The molecule has 0 aliphatic carbocycles. The topological polar surface area (TPSA) is 78.4 Å². The van der Waals surface area contributed by atoms with Crippen LogP contribution in [-0.4, -0.2) is 35.1 Å². The molecule has 0 spiro atoms. The number of rotatable bonds is 4. The van der Waals surface area contributed by atoms with Gasteiger partial charge in [-0.1, -0.05) is 0 Å². The Hall–Kier alpha value is -2.63. The third-order valence-corrected chi connectivity index (χ3v) is 2.45. The summed E-state index contributed by atoms with van der Waals surface area (Å²) < 4.78 is 0. The Balaban J connectivity index is 2.16. The van der Waals surface area contributed by atoms with Crippen molar-refractivity contribution in [3.05, 3.63) is 42.1 Å². The zero-order valence-electron chi connectivity index (χ0n) is 10.7. The van der Waals surface area contributed by atoms with E-state index in [-0.39, 0.29) is 5.56 Å². The van der Waals surface area contributed by atoms with Gasteiger partial charge < -0.3 is 15.3 Å². The van der Waals surface area contributed by atoms with Crippen LogP contribution in [0.5, 0.6) is 0 Å². The van der Waals surface area contributed by atoms with Gasteiger partial charge in [0.25, 0.3) is 0 Å². The van der Waals surface area contributed by atoms with Gasteiger partial charge in [0, 0.05) is 26.0 Å². The number of benzene rings is 1. The molecule has 0 amide bonds. The molecule has 2 N–H and O–H groups in total. The Morgan fingerprint density at radius 1 is 1.21 bits per heavy atom. The molecule has 0 aliphatic rings. The van der Waals surface area contributed by atoms with Gasteiger partial charge in [-0.15, -0.1) is 0 Å². The van der Waals surface area contributed by atoms with E-state index in [0.717, 1.165) is 5.69 Å². The maximum atomic E-state index is 10.7. The second-order valence-electron chi connectivity index (χ2n) is 4.14. The first kappa shape index (κ1) is 12.8. The molecule has 2 aromatic rings. The minimum atomic E-state index is -0.941. The van der Waals surface area contributed by atoms with Crippen molar-refractivity contribution in [1.82, 2.24) is 9.97 Å². The molecule has 0 fully saturated rings. The number of aromatic carboxylic acids is 1. The third-order valence-electron chi connectivity index (χ3n) is 2.45. The number of hydrogen-bond donors (Lipinski definition) is 2. The molecule has 0 unspecified atom stereocenters. The molecule has 0 bridgehead atoms. The molecule has 6 nitrogen and oxygen atoms in total. The van der Waals surface area contributed by atoms with Crippen LogP contribution in [0.25, 0.3) is 0 Å². The molecule has 0 aliphatic heterocycles. The van der Waals surface area contributed by atoms with E-state index in [1.54, 1.807) is 41.4 Å². The van der Waals surface area contributed by atoms with Gasteiger partial charge in [-0.3, -0.25) is 0 Å². The highest BCUT2D eigenvalue weighted by molar-refractivity contribution is 5.88. The number of carboxylic acids is 1. The van der Waals surface area contributed by atoms with Crippen molar-refractivity contribution in [3.63, 3.8) is 0 Å². The summed E-state index contributed by atoms with van der Waals surface area (Å²) in [4.78, 5) is 21.0. The van der Waals surface area contributed by atoms with Crippen LogP contribution in [0.1, 0.15) is 10.4 Å². The maximum absolute atomic E-state index is 10.7. The van der Waals surface area contributed by atoms with Crippen molar-refractivity contribution in [1.29, 1.82) is 0 Å². The first-order valence-corrected chi connectivity index (χ1v) is 5.67. The smallest absolute Gasteiger partial charge is 0.335 e. The summed E-state index contributed by atoms with van der Waals surface area (Å²) in [5.74, 6) is 0.317. The van der Waals surface area contributed by atoms with Gasteiger partial charge in [0.1, 0.15) is 5.82 Å². The average molecular weight is 258 g/mol. The van der Waals surface area contributed by atoms with Gasteiger partial charge in [0.15, 0.2) is 0 Å². The fourth-order valence-corrected chi connectivity index (χ4v) is 1.48. The predicted octanol–water partition coefficient (Wildman–Crippen LogP) is 1.98. The lowest BCUT2D eigenvalue weighted by molar-refractivity contribution is 0.0697. The Labute approximate surface area is 110 Å². The molecule has 1 aromatic heterocycles. The second kappa shape index (κ2) is 5.34. The highest BCUT2D eigenvalue weighted by atomic mass is 16.4. The molecule has 1 heterocycles. The lowest BCUT2D eigenvalue weighted by Gasteiger charge is -2.11. The summed E-state index contributed by atoms with van der Waals surface area (Å²) >= 11 is 0. The first-order valence-electron chi connectivity index (χ1n) is 5.67. The number of anilines is 3. The first-order chi connectivity index (χ1) is 9.06. The predicted molar refractivity (Wildman–Crippen MR) is 73.0 cm³/mol. The van der Waals surface area contributed by atoms with Crippen LogP contribution >= 0.6 is 0 Å². The molecule has 0 atom stereocenters. The molecule has 19 heavy (non-hydrogen) atoms. The molecule has 6 heteroatoms. The molecule has 0 radical (unpaired) electrons. The minimum absolute atomic E-state index is 0.252. The van der Waals surface area contributed by atoms with Crippen LogP contribution in [0.4, 0.5) is 17.5 Å². The van der Waals surface area contributed by atoms with Crippen LogP contribution in [0, 0.1) is 0 Å². The zero-order chi connectivity index (χ0) is 13.8. The minimum Gasteiger partial charge on any atom is -0.478 e. The van der Waals surface area contributed by atoms with Crippen molar-refractivity contribution in [2.24, 2.45) is 0 Å². The number of hydrogen-bond acceptors (Lipinski definition) is 5. The molecule has 98 valence electrons. The SMILES string of the molecule is CN(C)c1nccc(Nc2ccc(C(=O)O)cc2)n1. The van der Waals surface area contributed by atoms with Crippen LogP contribution in [0.3, 0.4) is 0 Å². The monoisotopic (exact) mass is 258 g/mol. The van der Waals surface area contributed by atoms with E-state index in [1.165, 1.54) is 0 Å². The summed E-state index contributed by atoms with van der Waals surface area (Å²) in [6.45, 7) is 0. The Kier molecular flexibility index (Phi) is 3.61. The van der Waals surface area contributed by atoms with Gasteiger partial charge in [0.05, 0.1) is 5.56 Å². The van der Waals surface area contributed by atoms with Crippen molar-refractivity contribution < 1.29 is 9.90 Å². The number of aromatic nitrogens is 2. The molecular weight excluding hydrogens is 244 g/mol. The van der Waals surface area contributed by atoms with Crippen molar-refractivity contribution >= 4 is 23.4 Å². The summed E-state index contributed by atoms with van der Waals surface area (Å²) in [5, 5.41) is 11.9. The molecule has 2 rings (SSSR count). The van der Waals surface area contributed by atoms with E-state index in [2.05, 4.69) is 15.3 Å². The number of nitrogens with zero attached hydrogens (tertiary/aromatic N) is 3. The van der Waals surface area contributed by atoms with Gasteiger partial charge >= 0.3 is 5.97 Å². The van der Waals surface area contributed by atoms with E-state index < -0.39 is 5.97 Å². The van der Waals surface area contributed by atoms with Crippen molar-refractivity contribution in [3.8, 4) is 0 Å². The average Bonchev–Trinajstić information content (AvgIpc) is 2.39. The van der Waals surface area contributed by atoms with E-state index in [4.69, 9.17) is 5.11 Å². The Morgan fingerprint density at radius 2 is 1.89 bits per heavy atom. The maximum Gasteiger partial charge on any atom is 0.335 e. The highest BCUT2D eigenvalue weighted by Crippen LogP contribution is 2.16. The van der Waals surface area contributed by atoms with E-state index in [0.29, 0.717) is 11.8 Å². The molecule has 0 saturated heterocycles. The van der Waals surface area contributed by atoms with Crippen LogP contribution in [-0.2, 0) is 0 Å². The van der Waals surface area contributed by atoms with E-state index in [1.807, 2.05) is 14.1 Å². The van der Waals surface area contributed by atoms with Crippen molar-refractivity contribution in [2.75, 3.05) is 24.3 Å². The van der Waals surface area contributed by atoms with Gasteiger partial charge in [-0.2, -0.15) is 4.98 Å². The van der Waals surface area contributed by atoms with Crippen LogP contribution < -0.4 is 10.2 Å². The van der Waals surface area contributed by atoms with E-state index in [9.17, 15) is 4.79 Å². The molecular formula is C13H14N4O2. The number of carbonyl (C=O) groups is 1. The van der Waals surface area contributed by atoms with Crippen LogP contribution in [0.15, 0.2) is 36.5 Å². The van der Waals surface area contributed by atoms with E-state index >= 15 is 0 Å². The van der Waals surface area contributed by atoms with Gasteiger partial charge in [-0.25, -0.2) is 9.78 Å². The fraction of sp³-hybridized carbons (Fsp3) is 0.154. The van der Waals surface area contributed by atoms with Crippen molar-refractivity contribution in [2.45, 2.75) is 0 Å². The lowest BCUT2D eigenvalue weighted by Crippen LogP contribution is -2.13. The summed E-state index contributed by atoms with van der Waals surface area (Å²) in [7, 11) is 3.72. The largest absolute Gasteiger partial charge is 0.478 e. The summed E-state index contributed by atoms with van der Waals surface area (Å²) in [5.41, 5.74) is 1.02. The fourth-order valence-electron chi connectivity index (χ4n) is 1.48. The highest BCUT2D eigenvalue weighted by Gasteiger charge is 2.04. The lowest BCUT2D eigenvalue weighted by atomic mass is 10.2. The van der Waals surface area contributed by atoms with Gasteiger partial charge in [-0.05, 0) is 30.3 Å².